The van der Waals surface area contributed by atoms with Crippen molar-refractivity contribution in [3.8, 4) is 0 Å². The van der Waals surface area contributed by atoms with E-state index in [1.165, 1.54) is 0 Å². The molecule has 2 aliphatic heterocycles. The first-order valence-corrected chi connectivity index (χ1v) is 7.82. The highest BCUT2D eigenvalue weighted by Crippen LogP contribution is 2.25. The van der Waals surface area contributed by atoms with Crippen molar-refractivity contribution in [3.05, 3.63) is 51.8 Å². The van der Waals surface area contributed by atoms with Gasteiger partial charge in [0, 0.05) is 38.2 Å². The molecule has 1 N–H and O–H groups in total. The van der Waals surface area contributed by atoms with Crippen LogP contribution in [0.4, 0.5) is 0 Å². The maximum Gasteiger partial charge on any atom is 0.438 e. The number of carbonyl (C=O) groups excluding carboxylic acids is 2. The molecule has 2 amide bonds. The van der Waals surface area contributed by atoms with Crippen molar-refractivity contribution < 1.29 is 14.1 Å². The van der Waals surface area contributed by atoms with Crippen LogP contribution in [-0.4, -0.2) is 51.4 Å². The van der Waals surface area contributed by atoms with Crippen molar-refractivity contribution in [2.45, 2.75) is 18.9 Å². The molecule has 0 aliphatic carbocycles. The van der Waals surface area contributed by atoms with Gasteiger partial charge in [-0.1, -0.05) is 23.4 Å². The monoisotopic (exact) mass is 328 g/mol. The standard InChI is InChI=1S/C16H16N4O4/c21-13(20-8-11(9-20)14-17-16(23)24-18-14)5-6-19-7-10-3-1-2-4-12(10)15(19)22/h1-4,11H,5-9H2,(H,17,18,23). The molecule has 4 rings (SSSR count). The summed E-state index contributed by atoms with van der Waals surface area (Å²) in [4.78, 5) is 41.3. The molecule has 0 saturated carbocycles. The van der Waals surface area contributed by atoms with E-state index in [0.717, 1.165) is 11.1 Å². The maximum absolute atomic E-state index is 12.3. The van der Waals surface area contributed by atoms with E-state index in [4.69, 9.17) is 0 Å². The fourth-order valence-corrected chi connectivity index (χ4v) is 3.16. The van der Waals surface area contributed by atoms with E-state index in [-0.39, 0.29) is 17.7 Å². The van der Waals surface area contributed by atoms with Gasteiger partial charge in [0.1, 0.15) is 0 Å². The summed E-state index contributed by atoms with van der Waals surface area (Å²) < 4.78 is 4.47. The quantitative estimate of drug-likeness (QED) is 0.872. The third kappa shape index (κ3) is 2.49. The van der Waals surface area contributed by atoms with Gasteiger partial charge in [-0.2, -0.15) is 0 Å². The Morgan fingerprint density at radius 2 is 2.08 bits per heavy atom. The molecule has 124 valence electrons. The normalized spacial score (nSPS) is 17.1. The summed E-state index contributed by atoms with van der Waals surface area (Å²) in [6.45, 7) is 1.99. The van der Waals surface area contributed by atoms with E-state index in [1.54, 1.807) is 9.80 Å². The zero-order chi connectivity index (χ0) is 16.7. The Hall–Kier alpha value is -2.90. The van der Waals surface area contributed by atoms with Crippen molar-refractivity contribution in [1.29, 1.82) is 0 Å². The Morgan fingerprint density at radius 1 is 1.29 bits per heavy atom. The summed E-state index contributed by atoms with van der Waals surface area (Å²) in [5.74, 6) is -0.102. The van der Waals surface area contributed by atoms with Crippen LogP contribution in [0, 0.1) is 0 Å². The summed E-state index contributed by atoms with van der Waals surface area (Å²) in [6, 6.07) is 7.51. The number of hydrogen-bond donors (Lipinski definition) is 1. The van der Waals surface area contributed by atoms with E-state index in [9.17, 15) is 14.4 Å². The number of hydrogen-bond acceptors (Lipinski definition) is 5. The van der Waals surface area contributed by atoms with Gasteiger partial charge in [0.05, 0.1) is 5.92 Å². The van der Waals surface area contributed by atoms with Crippen molar-refractivity contribution in [3.63, 3.8) is 0 Å². The molecular formula is C16H16N4O4. The third-order valence-corrected chi connectivity index (χ3v) is 4.57. The van der Waals surface area contributed by atoms with Crippen LogP contribution in [0.2, 0.25) is 0 Å². The van der Waals surface area contributed by atoms with Crippen LogP contribution in [0.5, 0.6) is 0 Å². The fourth-order valence-electron chi connectivity index (χ4n) is 3.16. The number of aromatic nitrogens is 2. The lowest BCUT2D eigenvalue weighted by atomic mass is 9.99. The first-order valence-electron chi connectivity index (χ1n) is 7.82. The molecular weight excluding hydrogens is 312 g/mol. The van der Waals surface area contributed by atoms with Gasteiger partial charge in [0.25, 0.3) is 5.91 Å². The molecule has 1 saturated heterocycles. The molecule has 8 nitrogen and oxygen atoms in total. The van der Waals surface area contributed by atoms with Gasteiger partial charge in [-0.25, -0.2) is 4.79 Å². The van der Waals surface area contributed by atoms with Gasteiger partial charge in [0.15, 0.2) is 5.82 Å². The SMILES string of the molecule is O=C(CCN1Cc2ccccc2C1=O)N1CC(c2noc(=O)[nH]2)C1. The largest absolute Gasteiger partial charge is 0.438 e. The number of H-pyrrole nitrogens is 1. The Balaban J connectivity index is 1.28. The summed E-state index contributed by atoms with van der Waals surface area (Å²) in [6.07, 6.45) is 0.293. The summed E-state index contributed by atoms with van der Waals surface area (Å²) >= 11 is 0. The van der Waals surface area contributed by atoms with Gasteiger partial charge >= 0.3 is 5.76 Å². The molecule has 0 unspecified atom stereocenters. The first-order chi connectivity index (χ1) is 11.6. The Labute approximate surface area is 137 Å². The van der Waals surface area contributed by atoms with Crippen LogP contribution in [0.1, 0.15) is 34.1 Å². The van der Waals surface area contributed by atoms with Gasteiger partial charge < -0.3 is 9.80 Å². The van der Waals surface area contributed by atoms with Crippen molar-refractivity contribution >= 4 is 11.8 Å². The third-order valence-electron chi connectivity index (χ3n) is 4.57. The molecule has 2 aliphatic rings. The maximum atomic E-state index is 12.3. The highest BCUT2D eigenvalue weighted by atomic mass is 16.5. The molecule has 8 heteroatoms. The molecule has 0 radical (unpaired) electrons. The van der Waals surface area contributed by atoms with Gasteiger partial charge in [-0.05, 0) is 11.6 Å². The number of nitrogens with zero attached hydrogens (tertiary/aromatic N) is 3. The Kier molecular flexibility index (Phi) is 3.44. The number of rotatable bonds is 4. The van der Waals surface area contributed by atoms with Gasteiger partial charge in [-0.15, -0.1) is 0 Å². The highest BCUT2D eigenvalue weighted by Gasteiger charge is 2.35. The lowest BCUT2D eigenvalue weighted by Gasteiger charge is -2.38. The summed E-state index contributed by atoms with van der Waals surface area (Å²) in [7, 11) is 0. The zero-order valence-corrected chi connectivity index (χ0v) is 12.9. The van der Waals surface area contributed by atoms with Crippen molar-refractivity contribution in [2.24, 2.45) is 0 Å². The number of likely N-dealkylation sites (tertiary alicyclic amines) is 1. The minimum absolute atomic E-state index is 0.000785. The average molecular weight is 328 g/mol. The lowest BCUT2D eigenvalue weighted by Crippen LogP contribution is -2.49. The van der Waals surface area contributed by atoms with E-state index < -0.39 is 5.76 Å². The minimum Gasteiger partial charge on any atom is -0.341 e. The van der Waals surface area contributed by atoms with E-state index in [2.05, 4.69) is 14.7 Å². The molecule has 0 atom stereocenters. The summed E-state index contributed by atoms with van der Waals surface area (Å²) in [5, 5.41) is 3.64. The second kappa shape index (κ2) is 5.63. The zero-order valence-electron chi connectivity index (χ0n) is 12.9. The van der Waals surface area contributed by atoms with Crippen molar-refractivity contribution in [2.75, 3.05) is 19.6 Å². The predicted molar refractivity (Wildman–Crippen MR) is 82.2 cm³/mol. The van der Waals surface area contributed by atoms with Crippen LogP contribution in [-0.2, 0) is 11.3 Å². The molecule has 24 heavy (non-hydrogen) atoms. The van der Waals surface area contributed by atoms with Crippen LogP contribution < -0.4 is 5.76 Å². The Morgan fingerprint density at radius 3 is 2.79 bits per heavy atom. The number of amides is 2. The lowest BCUT2D eigenvalue weighted by molar-refractivity contribution is -0.136. The smallest absolute Gasteiger partial charge is 0.341 e. The van der Waals surface area contributed by atoms with Gasteiger partial charge in [0.2, 0.25) is 5.91 Å². The van der Waals surface area contributed by atoms with E-state index in [1.807, 2.05) is 24.3 Å². The molecule has 3 heterocycles. The second-order valence-corrected chi connectivity index (χ2v) is 6.11. The van der Waals surface area contributed by atoms with Crippen LogP contribution in [0.25, 0.3) is 0 Å². The molecule has 0 bridgehead atoms. The number of benzene rings is 1. The second-order valence-electron chi connectivity index (χ2n) is 6.11. The molecule has 1 fully saturated rings. The van der Waals surface area contributed by atoms with Gasteiger partial charge in [-0.3, -0.25) is 19.1 Å². The van der Waals surface area contributed by atoms with E-state index >= 15 is 0 Å². The topological polar surface area (TPSA) is 99.5 Å². The number of nitrogens with one attached hydrogen (secondary N) is 1. The highest BCUT2D eigenvalue weighted by molar-refractivity contribution is 5.98. The molecule has 1 aromatic carbocycles. The van der Waals surface area contributed by atoms with E-state index in [0.29, 0.717) is 38.4 Å². The predicted octanol–water partition coefficient (Wildman–Crippen LogP) is 0.335. The minimum atomic E-state index is -0.582. The fraction of sp³-hybridized carbons (Fsp3) is 0.375. The van der Waals surface area contributed by atoms with Crippen molar-refractivity contribution in [1.82, 2.24) is 19.9 Å². The number of fused-ring (bicyclic) bond motifs is 1. The number of carbonyl (C=O) groups is 2. The Bertz CT molecular complexity index is 850. The van der Waals surface area contributed by atoms with Crippen LogP contribution in [0.15, 0.2) is 33.6 Å². The van der Waals surface area contributed by atoms with Crippen LogP contribution >= 0.6 is 0 Å². The molecule has 0 spiro atoms. The first kappa shape index (κ1) is 14.7. The molecule has 2 aromatic rings. The molecule has 1 aromatic heterocycles. The number of aromatic amines is 1. The summed E-state index contributed by atoms with van der Waals surface area (Å²) in [5.41, 5.74) is 1.73. The van der Waals surface area contributed by atoms with Crippen LogP contribution in [0.3, 0.4) is 0 Å². The average Bonchev–Trinajstić information content (AvgIpc) is 3.08.